The number of likely N-dealkylation sites (tertiary alicyclic amines) is 1. The van der Waals surface area contributed by atoms with Gasteiger partial charge < -0.3 is 19.9 Å². The maximum absolute atomic E-state index is 12.9. The van der Waals surface area contributed by atoms with Crippen molar-refractivity contribution in [2.45, 2.75) is 18.9 Å². The van der Waals surface area contributed by atoms with Gasteiger partial charge in [0.1, 0.15) is 12.4 Å². The average Bonchev–Trinajstić information content (AvgIpc) is 3.12. The van der Waals surface area contributed by atoms with Gasteiger partial charge >= 0.3 is 6.03 Å². The molecule has 2 aromatic rings. The topological polar surface area (TPSA) is 44.8 Å². The van der Waals surface area contributed by atoms with Crippen LogP contribution in [0, 0.1) is 0 Å². The molecule has 136 valence electrons. The summed E-state index contributed by atoms with van der Waals surface area (Å²) in [6, 6.07) is 13.5. The number of amides is 2. The first-order valence-electron chi connectivity index (χ1n) is 8.93. The van der Waals surface area contributed by atoms with Crippen molar-refractivity contribution >= 4 is 29.0 Å². The number of carbonyl (C=O) groups is 1. The lowest BCUT2D eigenvalue weighted by Gasteiger charge is -2.29. The molecule has 1 atom stereocenters. The van der Waals surface area contributed by atoms with Crippen molar-refractivity contribution in [1.82, 2.24) is 4.90 Å². The second-order valence-corrected chi connectivity index (χ2v) is 7.16. The Kier molecular flexibility index (Phi) is 4.64. The van der Waals surface area contributed by atoms with Crippen LogP contribution in [0.15, 0.2) is 42.5 Å². The second kappa shape index (κ2) is 7.08. The fourth-order valence-electron chi connectivity index (χ4n) is 3.70. The van der Waals surface area contributed by atoms with Crippen molar-refractivity contribution < 1.29 is 9.53 Å². The summed E-state index contributed by atoms with van der Waals surface area (Å²) < 4.78 is 5.66. The van der Waals surface area contributed by atoms with E-state index in [4.69, 9.17) is 16.3 Å². The number of halogens is 1. The molecule has 2 aromatic carbocycles. The molecular formula is C20H22ClN3O2. The minimum Gasteiger partial charge on any atom is -0.490 e. The molecule has 1 fully saturated rings. The SMILES string of the molecule is CN1CCOc2ccc(NC(=O)N3CCCC3c3ccccc3Cl)cc21. The summed E-state index contributed by atoms with van der Waals surface area (Å²) in [6.07, 6.45) is 1.90. The Labute approximate surface area is 158 Å². The van der Waals surface area contributed by atoms with Crippen molar-refractivity contribution in [2.24, 2.45) is 0 Å². The predicted molar refractivity (Wildman–Crippen MR) is 104 cm³/mol. The molecule has 0 radical (unpaired) electrons. The van der Waals surface area contributed by atoms with Gasteiger partial charge in [-0.05, 0) is 42.7 Å². The smallest absolute Gasteiger partial charge is 0.322 e. The van der Waals surface area contributed by atoms with Crippen LogP contribution >= 0.6 is 11.6 Å². The summed E-state index contributed by atoms with van der Waals surface area (Å²) >= 11 is 6.35. The van der Waals surface area contributed by atoms with Crippen molar-refractivity contribution in [3.8, 4) is 5.75 Å². The van der Waals surface area contributed by atoms with Gasteiger partial charge in [0.05, 0.1) is 18.3 Å². The largest absolute Gasteiger partial charge is 0.490 e. The van der Waals surface area contributed by atoms with Gasteiger partial charge in [0.25, 0.3) is 0 Å². The van der Waals surface area contributed by atoms with Crippen molar-refractivity contribution in [3.63, 3.8) is 0 Å². The van der Waals surface area contributed by atoms with Gasteiger partial charge in [-0.2, -0.15) is 0 Å². The molecule has 5 nitrogen and oxygen atoms in total. The molecule has 1 N–H and O–H groups in total. The van der Waals surface area contributed by atoms with Crippen LogP contribution in [-0.2, 0) is 0 Å². The molecule has 2 aliphatic heterocycles. The van der Waals surface area contributed by atoms with Crippen molar-refractivity contribution in [3.05, 3.63) is 53.1 Å². The average molecular weight is 372 g/mol. The minimum absolute atomic E-state index is 0.0207. The molecule has 0 aromatic heterocycles. The number of likely N-dealkylation sites (N-methyl/N-ethyl adjacent to an activating group) is 1. The van der Waals surface area contributed by atoms with E-state index in [1.807, 2.05) is 54.4 Å². The van der Waals surface area contributed by atoms with Gasteiger partial charge in [0, 0.05) is 24.3 Å². The maximum atomic E-state index is 12.9. The highest BCUT2D eigenvalue weighted by Gasteiger charge is 2.31. The number of urea groups is 1. The van der Waals surface area contributed by atoms with Crippen LogP contribution in [0.1, 0.15) is 24.4 Å². The standard InChI is InChI=1S/C20H22ClN3O2/c1-23-11-12-26-19-9-8-14(13-18(19)23)22-20(25)24-10-4-7-17(24)15-5-2-3-6-16(15)21/h2-3,5-6,8-9,13,17H,4,7,10-12H2,1H3,(H,22,25). The number of nitrogens with zero attached hydrogens (tertiary/aromatic N) is 2. The molecule has 26 heavy (non-hydrogen) atoms. The van der Waals surface area contributed by atoms with Crippen molar-refractivity contribution in [1.29, 1.82) is 0 Å². The number of fused-ring (bicyclic) bond motifs is 1. The normalized spacial score (nSPS) is 19.1. The number of benzene rings is 2. The Balaban J connectivity index is 1.53. The molecule has 1 saturated heterocycles. The van der Waals surface area contributed by atoms with Gasteiger partial charge in [-0.3, -0.25) is 0 Å². The third kappa shape index (κ3) is 3.19. The Morgan fingerprint density at radius 1 is 1.23 bits per heavy atom. The maximum Gasteiger partial charge on any atom is 0.322 e. The monoisotopic (exact) mass is 371 g/mol. The molecule has 0 aliphatic carbocycles. The molecule has 1 unspecified atom stereocenters. The predicted octanol–water partition coefficient (Wildman–Crippen LogP) is 4.54. The quantitative estimate of drug-likeness (QED) is 0.843. The van der Waals surface area contributed by atoms with E-state index in [9.17, 15) is 4.79 Å². The van der Waals surface area contributed by atoms with E-state index in [0.29, 0.717) is 11.6 Å². The van der Waals surface area contributed by atoms with Gasteiger partial charge in [-0.1, -0.05) is 29.8 Å². The van der Waals surface area contributed by atoms with E-state index in [0.717, 1.165) is 48.6 Å². The summed E-state index contributed by atoms with van der Waals surface area (Å²) in [5.41, 5.74) is 2.79. The zero-order valence-corrected chi connectivity index (χ0v) is 15.5. The van der Waals surface area contributed by atoms with Gasteiger partial charge in [-0.15, -0.1) is 0 Å². The van der Waals surface area contributed by atoms with Crippen LogP contribution in [-0.4, -0.2) is 37.7 Å². The zero-order chi connectivity index (χ0) is 18.1. The van der Waals surface area contributed by atoms with Crippen LogP contribution < -0.4 is 15.0 Å². The van der Waals surface area contributed by atoms with E-state index in [1.165, 1.54) is 0 Å². The van der Waals surface area contributed by atoms with E-state index < -0.39 is 0 Å². The van der Waals surface area contributed by atoms with Crippen LogP contribution in [0.5, 0.6) is 5.75 Å². The zero-order valence-electron chi connectivity index (χ0n) is 14.7. The second-order valence-electron chi connectivity index (χ2n) is 6.76. The first-order chi connectivity index (χ1) is 12.6. The number of hydrogen-bond donors (Lipinski definition) is 1. The molecule has 0 spiro atoms. The Morgan fingerprint density at radius 2 is 2.08 bits per heavy atom. The summed E-state index contributed by atoms with van der Waals surface area (Å²) in [7, 11) is 2.03. The van der Waals surface area contributed by atoms with Gasteiger partial charge in [0.2, 0.25) is 0 Å². The summed E-state index contributed by atoms with van der Waals surface area (Å²) in [4.78, 5) is 16.9. The van der Waals surface area contributed by atoms with E-state index >= 15 is 0 Å². The molecule has 6 heteroatoms. The highest BCUT2D eigenvalue weighted by Crippen LogP contribution is 2.37. The van der Waals surface area contributed by atoms with Crippen LogP contribution in [0.3, 0.4) is 0 Å². The van der Waals surface area contributed by atoms with E-state index in [1.54, 1.807) is 0 Å². The van der Waals surface area contributed by atoms with Gasteiger partial charge in [0.15, 0.2) is 0 Å². The number of hydrogen-bond acceptors (Lipinski definition) is 3. The Bertz CT molecular complexity index is 826. The number of rotatable bonds is 2. The van der Waals surface area contributed by atoms with Crippen LogP contribution in [0.25, 0.3) is 0 Å². The molecule has 0 saturated carbocycles. The molecule has 2 aliphatic rings. The molecule has 0 bridgehead atoms. The molecule has 2 heterocycles. The number of anilines is 2. The molecular weight excluding hydrogens is 350 g/mol. The third-order valence-corrected chi connectivity index (χ3v) is 5.43. The number of ether oxygens (including phenoxy) is 1. The Morgan fingerprint density at radius 3 is 2.92 bits per heavy atom. The lowest BCUT2D eigenvalue weighted by Crippen LogP contribution is -2.34. The highest BCUT2D eigenvalue weighted by atomic mass is 35.5. The summed E-state index contributed by atoms with van der Waals surface area (Å²) in [5.74, 6) is 0.854. The molecule has 2 amide bonds. The fraction of sp³-hybridized carbons (Fsp3) is 0.350. The number of carbonyl (C=O) groups excluding carboxylic acids is 1. The first kappa shape index (κ1) is 17.0. The van der Waals surface area contributed by atoms with Crippen LogP contribution in [0.2, 0.25) is 5.02 Å². The van der Waals surface area contributed by atoms with Gasteiger partial charge in [-0.25, -0.2) is 4.79 Å². The highest BCUT2D eigenvalue weighted by molar-refractivity contribution is 6.31. The first-order valence-corrected chi connectivity index (χ1v) is 9.31. The minimum atomic E-state index is -0.0910. The summed E-state index contributed by atoms with van der Waals surface area (Å²) in [5, 5.41) is 3.75. The lowest BCUT2D eigenvalue weighted by atomic mass is 10.0. The fourth-order valence-corrected chi connectivity index (χ4v) is 3.96. The van der Waals surface area contributed by atoms with Crippen molar-refractivity contribution in [2.75, 3.05) is 37.0 Å². The lowest BCUT2D eigenvalue weighted by molar-refractivity contribution is 0.207. The number of nitrogens with one attached hydrogen (secondary N) is 1. The van der Waals surface area contributed by atoms with E-state index in [2.05, 4.69) is 10.2 Å². The van der Waals surface area contributed by atoms with E-state index in [-0.39, 0.29) is 12.1 Å². The Hall–Kier alpha value is -2.40. The molecule has 4 rings (SSSR count). The summed E-state index contributed by atoms with van der Waals surface area (Å²) in [6.45, 7) is 2.25. The third-order valence-electron chi connectivity index (χ3n) is 5.08. The van der Waals surface area contributed by atoms with Crippen LogP contribution in [0.4, 0.5) is 16.2 Å².